The highest BCUT2D eigenvalue weighted by atomic mass is 32.1. The SMILES string of the molecule is CN=C(NCc1cn2ccsc2n1)NCC(c1ccccc1OC)N1CCCC1. The molecule has 1 atom stereocenters. The molecule has 3 heterocycles. The number of likely N-dealkylation sites (tertiary alicyclic amines) is 1. The Hall–Kier alpha value is -2.58. The summed E-state index contributed by atoms with van der Waals surface area (Å²) in [6.45, 7) is 3.62. The lowest BCUT2D eigenvalue weighted by atomic mass is 10.0. The maximum atomic E-state index is 5.64. The maximum Gasteiger partial charge on any atom is 0.193 e. The Morgan fingerprint density at radius 3 is 2.86 bits per heavy atom. The van der Waals surface area contributed by atoms with E-state index in [1.165, 1.54) is 18.4 Å². The van der Waals surface area contributed by atoms with E-state index in [1.54, 1.807) is 25.5 Å². The Labute approximate surface area is 175 Å². The molecule has 0 aliphatic carbocycles. The van der Waals surface area contributed by atoms with Crippen molar-refractivity contribution in [2.75, 3.05) is 33.8 Å². The molecule has 2 N–H and O–H groups in total. The number of nitrogens with zero attached hydrogens (tertiary/aromatic N) is 4. The Kier molecular flexibility index (Phi) is 6.31. The number of aromatic nitrogens is 2. The second-order valence-corrected chi connectivity index (χ2v) is 8.01. The monoisotopic (exact) mass is 412 g/mol. The molecule has 4 rings (SSSR count). The predicted molar refractivity (Wildman–Crippen MR) is 118 cm³/mol. The molecule has 7 nitrogen and oxygen atoms in total. The van der Waals surface area contributed by atoms with E-state index in [0.717, 1.165) is 42.0 Å². The molecule has 0 saturated carbocycles. The first-order valence-electron chi connectivity index (χ1n) is 10.0. The molecule has 0 amide bonds. The number of fused-ring (bicyclic) bond motifs is 1. The third kappa shape index (κ3) is 4.54. The molecule has 0 radical (unpaired) electrons. The van der Waals surface area contributed by atoms with Gasteiger partial charge < -0.3 is 15.4 Å². The van der Waals surface area contributed by atoms with Crippen LogP contribution in [0.4, 0.5) is 0 Å². The van der Waals surface area contributed by atoms with E-state index in [0.29, 0.717) is 6.54 Å². The summed E-state index contributed by atoms with van der Waals surface area (Å²) in [4.78, 5) is 12.5. The molecule has 0 bridgehead atoms. The van der Waals surface area contributed by atoms with Gasteiger partial charge >= 0.3 is 0 Å². The van der Waals surface area contributed by atoms with Crippen LogP contribution in [-0.2, 0) is 6.54 Å². The molecule has 8 heteroatoms. The number of rotatable bonds is 7. The third-order valence-electron chi connectivity index (χ3n) is 5.35. The second kappa shape index (κ2) is 9.28. The fraction of sp³-hybridized carbons (Fsp3) is 0.429. The van der Waals surface area contributed by atoms with Crippen LogP contribution in [0.2, 0.25) is 0 Å². The van der Waals surface area contributed by atoms with E-state index in [-0.39, 0.29) is 6.04 Å². The van der Waals surface area contributed by atoms with Crippen LogP contribution in [0.3, 0.4) is 0 Å². The van der Waals surface area contributed by atoms with Crippen LogP contribution in [0.1, 0.15) is 30.1 Å². The van der Waals surface area contributed by atoms with Crippen LogP contribution in [0.25, 0.3) is 4.96 Å². The lowest BCUT2D eigenvalue weighted by Gasteiger charge is -2.30. The molecular formula is C21H28N6OS. The molecule has 2 aromatic heterocycles. The molecule has 1 aromatic carbocycles. The lowest BCUT2D eigenvalue weighted by molar-refractivity contribution is 0.239. The lowest BCUT2D eigenvalue weighted by Crippen LogP contribution is -2.42. The van der Waals surface area contributed by atoms with E-state index < -0.39 is 0 Å². The van der Waals surface area contributed by atoms with Gasteiger partial charge in [-0.3, -0.25) is 14.3 Å². The number of methoxy groups -OCH3 is 1. The Bertz CT molecular complexity index is 930. The molecule has 29 heavy (non-hydrogen) atoms. The van der Waals surface area contributed by atoms with Gasteiger partial charge in [-0.2, -0.15) is 0 Å². The molecule has 1 aliphatic rings. The number of guanidine groups is 1. The van der Waals surface area contributed by atoms with Crippen molar-refractivity contribution >= 4 is 22.3 Å². The van der Waals surface area contributed by atoms with Crippen LogP contribution in [0.15, 0.2) is 47.0 Å². The topological polar surface area (TPSA) is 66.2 Å². The van der Waals surface area contributed by atoms with E-state index in [2.05, 4.69) is 37.6 Å². The molecule has 3 aromatic rings. The van der Waals surface area contributed by atoms with Crippen molar-refractivity contribution in [3.8, 4) is 5.75 Å². The maximum absolute atomic E-state index is 5.64. The number of hydrogen-bond acceptors (Lipinski definition) is 5. The average molecular weight is 413 g/mol. The molecule has 154 valence electrons. The van der Waals surface area contributed by atoms with Gasteiger partial charge in [-0.25, -0.2) is 4.98 Å². The highest BCUT2D eigenvalue weighted by Crippen LogP contribution is 2.31. The van der Waals surface area contributed by atoms with Crippen LogP contribution in [0, 0.1) is 0 Å². The summed E-state index contributed by atoms with van der Waals surface area (Å²) in [5, 5.41) is 8.92. The van der Waals surface area contributed by atoms with Gasteiger partial charge in [-0.1, -0.05) is 18.2 Å². The highest BCUT2D eigenvalue weighted by Gasteiger charge is 2.26. The van der Waals surface area contributed by atoms with Gasteiger partial charge in [0.15, 0.2) is 10.9 Å². The largest absolute Gasteiger partial charge is 0.496 e. The van der Waals surface area contributed by atoms with E-state index in [4.69, 9.17) is 4.74 Å². The van der Waals surface area contributed by atoms with Gasteiger partial charge in [-0.05, 0) is 32.0 Å². The first-order valence-corrected chi connectivity index (χ1v) is 10.9. The summed E-state index contributed by atoms with van der Waals surface area (Å²) in [5.41, 5.74) is 2.22. The number of aliphatic imine (C=N–C) groups is 1. The minimum Gasteiger partial charge on any atom is -0.496 e. The van der Waals surface area contributed by atoms with Crippen molar-refractivity contribution in [3.05, 3.63) is 53.3 Å². The van der Waals surface area contributed by atoms with Crippen molar-refractivity contribution in [3.63, 3.8) is 0 Å². The van der Waals surface area contributed by atoms with E-state index in [1.807, 2.05) is 34.3 Å². The van der Waals surface area contributed by atoms with Crippen molar-refractivity contribution in [1.82, 2.24) is 24.9 Å². The van der Waals surface area contributed by atoms with Crippen molar-refractivity contribution in [2.24, 2.45) is 4.99 Å². The Morgan fingerprint density at radius 1 is 1.28 bits per heavy atom. The Balaban J connectivity index is 1.41. The number of para-hydroxylation sites is 1. The Morgan fingerprint density at radius 2 is 2.10 bits per heavy atom. The predicted octanol–water partition coefficient (Wildman–Crippen LogP) is 2.91. The van der Waals surface area contributed by atoms with Crippen LogP contribution >= 0.6 is 11.3 Å². The zero-order valence-corrected chi connectivity index (χ0v) is 17.8. The van der Waals surface area contributed by atoms with E-state index >= 15 is 0 Å². The van der Waals surface area contributed by atoms with Crippen LogP contribution < -0.4 is 15.4 Å². The third-order valence-corrected chi connectivity index (χ3v) is 6.12. The first kappa shape index (κ1) is 19.7. The summed E-state index contributed by atoms with van der Waals surface area (Å²) in [5.74, 6) is 1.72. The number of benzene rings is 1. The van der Waals surface area contributed by atoms with Crippen molar-refractivity contribution in [2.45, 2.75) is 25.4 Å². The molecule has 0 spiro atoms. The number of thiazole rings is 1. The summed E-state index contributed by atoms with van der Waals surface area (Å²) in [6, 6.07) is 8.55. The van der Waals surface area contributed by atoms with Crippen LogP contribution in [-0.4, -0.2) is 54.0 Å². The number of ether oxygens (including phenoxy) is 1. The molecular weight excluding hydrogens is 384 g/mol. The fourth-order valence-electron chi connectivity index (χ4n) is 3.88. The summed E-state index contributed by atoms with van der Waals surface area (Å²) < 4.78 is 7.68. The van der Waals surface area contributed by atoms with Gasteiger partial charge in [-0.15, -0.1) is 11.3 Å². The molecule has 1 unspecified atom stereocenters. The van der Waals surface area contributed by atoms with Crippen molar-refractivity contribution in [1.29, 1.82) is 0 Å². The number of nitrogens with one attached hydrogen (secondary N) is 2. The highest BCUT2D eigenvalue weighted by molar-refractivity contribution is 7.15. The van der Waals surface area contributed by atoms with Gasteiger partial charge in [0.2, 0.25) is 0 Å². The van der Waals surface area contributed by atoms with Gasteiger partial charge in [0, 0.05) is 36.9 Å². The minimum atomic E-state index is 0.241. The normalized spacial score (nSPS) is 16.3. The van der Waals surface area contributed by atoms with Gasteiger partial charge in [0.25, 0.3) is 0 Å². The molecule has 1 fully saturated rings. The quantitative estimate of drug-likeness (QED) is 0.461. The van der Waals surface area contributed by atoms with Crippen molar-refractivity contribution < 1.29 is 4.74 Å². The fourth-order valence-corrected chi connectivity index (χ4v) is 4.60. The van der Waals surface area contributed by atoms with Gasteiger partial charge in [0.05, 0.1) is 25.4 Å². The molecule has 1 saturated heterocycles. The summed E-state index contributed by atoms with van der Waals surface area (Å²) in [6.07, 6.45) is 6.57. The smallest absolute Gasteiger partial charge is 0.193 e. The minimum absolute atomic E-state index is 0.241. The summed E-state index contributed by atoms with van der Waals surface area (Å²) >= 11 is 1.64. The zero-order valence-electron chi connectivity index (χ0n) is 17.0. The second-order valence-electron chi connectivity index (χ2n) is 7.13. The average Bonchev–Trinajstić information content (AvgIpc) is 3.48. The standard InChI is InChI=1S/C21H28N6OS/c1-22-20(23-13-16-15-27-11-12-29-21(27)25-16)24-14-18(26-9-5-6-10-26)17-7-3-4-8-19(17)28-2/h3-4,7-8,11-12,15,18H,5-6,9-10,13-14H2,1-2H3,(H2,22,23,24). The molecule has 1 aliphatic heterocycles. The number of hydrogen-bond donors (Lipinski definition) is 2. The van der Waals surface area contributed by atoms with Crippen LogP contribution in [0.5, 0.6) is 5.75 Å². The number of imidazole rings is 1. The first-order chi connectivity index (χ1) is 14.3. The van der Waals surface area contributed by atoms with E-state index in [9.17, 15) is 0 Å². The van der Waals surface area contributed by atoms with Gasteiger partial charge in [0.1, 0.15) is 5.75 Å². The summed E-state index contributed by atoms with van der Waals surface area (Å²) in [7, 11) is 3.54. The zero-order chi connectivity index (χ0) is 20.1.